The van der Waals surface area contributed by atoms with E-state index in [4.69, 9.17) is 10.5 Å². The van der Waals surface area contributed by atoms with Gasteiger partial charge in [-0.2, -0.15) is 10.5 Å². The molecule has 0 saturated carbocycles. The molecule has 0 saturated heterocycles. The predicted octanol–water partition coefficient (Wildman–Crippen LogP) is 2.23. The largest absolute Gasteiger partial charge is 0.363 e. The highest BCUT2D eigenvalue weighted by Gasteiger charge is 2.08. The van der Waals surface area contributed by atoms with E-state index in [1.165, 1.54) is 0 Å². The maximum Gasteiger partial charge on any atom is 0.170 e. The number of aryl methyl sites for hydroxylation is 1. The van der Waals surface area contributed by atoms with E-state index in [1.54, 1.807) is 19.0 Å². The van der Waals surface area contributed by atoms with Crippen LogP contribution < -0.4 is 5.32 Å². The number of nitrogens with one attached hydrogen (secondary N) is 1. The molecule has 0 spiro atoms. The number of hydrogen-bond donors (Lipinski definition) is 1. The third kappa shape index (κ3) is 3.25. The van der Waals surface area contributed by atoms with E-state index in [-0.39, 0.29) is 5.57 Å². The van der Waals surface area contributed by atoms with E-state index in [9.17, 15) is 0 Å². The third-order valence-electron chi connectivity index (χ3n) is 2.22. The molecule has 4 nitrogen and oxygen atoms in total. The first kappa shape index (κ1) is 12.6. The number of nitriles is 2. The van der Waals surface area contributed by atoms with Crippen LogP contribution in [0, 0.1) is 29.6 Å². The number of benzene rings is 1. The zero-order valence-corrected chi connectivity index (χ0v) is 10.2. The van der Waals surface area contributed by atoms with Gasteiger partial charge in [0.05, 0.1) is 0 Å². The lowest BCUT2D eigenvalue weighted by Crippen LogP contribution is -2.20. The summed E-state index contributed by atoms with van der Waals surface area (Å²) in [5, 5.41) is 20.8. The minimum Gasteiger partial charge on any atom is -0.363 e. The van der Waals surface area contributed by atoms with Gasteiger partial charge in [0.15, 0.2) is 5.57 Å². The fraction of sp³-hybridized carbons (Fsp3) is 0.231. The normalized spacial score (nSPS) is 8.76. The Hall–Kier alpha value is -2.46. The van der Waals surface area contributed by atoms with Gasteiger partial charge in [-0.25, -0.2) is 0 Å². The highest BCUT2D eigenvalue weighted by Crippen LogP contribution is 2.14. The number of anilines is 1. The van der Waals surface area contributed by atoms with Crippen molar-refractivity contribution in [3.8, 4) is 12.1 Å². The van der Waals surface area contributed by atoms with Crippen molar-refractivity contribution in [3.63, 3.8) is 0 Å². The van der Waals surface area contributed by atoms with Gasteiger partial charge in [-0.05, 0) is 19.1 Å². The quantitative estimate of drug-likeness (QED) is 0.803. The van der Waals surface area contributed by atoms with E-state index in [1.807, 2.05) is 43.3 Å². The van der Waals surface area contributed by atoms with Crippen LogP contribution in [0.25, 0.3) is 0 Å². The number of nitrogens with zero attached hydrogens (tertiary/aromatic N) is 3. The summed E-state index contributed by atoms with van der Waals surface area (Å²) in [4.78, 5) is 1.71. The second kappa shape index (κ2) is 5.58. The average molecular weight is 226 g/mol. The van der Waals surface area contributed by atoms with Crippen LogP contribution in [0.15, 0.2) is 35.7 Å². The van der Waals surface area contributed by atoms with Gasteiger partial charge in [0, 0.05) is 19.8 Å². The summed E-state index contributed by atoms with van der Waals surface area (Å²) in [7, 11) is 3.57. The molecule has 17 heavy (non-hydrogen) atoms. The summed E-state index contributed by atoms with van der Waals surface area (Å²) in [5.41, 5.74) is 2.07. The molecule has 0 unspecified atom stereocenters. The van der Waals surface area contributed by atoms with Crippen LogP contribution in [0.5, 0.6) is 0 Å². The first-order valence-corrected chi connectivity index (χ1v) is 5.14. The highest BCUT2D eigenvalue weighted by atomic mass is 15.2. The Labute approximate surface area is 101 Å². The predicted molar refractivity (Wildman–Crippen MR) is 66.7 cm³/mol. The minimum atomic E-state index is 0.0653. The molecule has 86 valence electrons. The fourth-order valence-electron chi connectivity index (χ4n) is 1.30. The zero-order valence-electron chi connectivity index (χ0n) is 10.2. The van der Waals surface area contributed by atoms with Crippen LogP contribution >= 0.6 is 0 Å². The second-order valence-corrected chi connectivity index (χ2v) is 3.83. The molecule has 1 rings (SSSR count). The maximum atomic E-state index is 8.87. The molecule has 0 atom stereocenters. The van der Waals surface area contributed by atoms with Crippen molar-refractivity contribution in [1.29, 1.82) is 10.5 Å². The van der Waals surface area contributed by atoms with Gasteiger partial charge in [0.25, 0.3) is 0 Å². The molecule has 0 bridgehead atoms. The average Bonchev–Trinajstić information content (AvgIpc) is 2.31. The summed E-state index contributed by atoms with van der Waals surface area (Å²) < 4.78 is 0. The molecular weight excluding hydrogens is 212 g/mol. The van der Waals surface area contributed by atoms with Crippen molar-refractivity contribution in [1.82, 2.24) is 4.90 Å². The highest BCUT2D eigenvalue weighted by molar-refractivity contribution is 5.53. The van der Waals surface area contributed by atoms with Crippen LogP contribution in [0.3, 0.4) is 0 Å². The Balaban J connectivity index is 3.06. The van der Waals surface area contributed by atoms with E-state index in [0.29, 0.717) is 5.82 Å². The topological polar surface area (TPSA) is 62.9 Å². The molecule has 0 aliphatic rings. The molecule has 0 fully saturated rings. The molecule has 0 aromatic heterocycles. The van der Waals surface area contributed by atoms with E-state index >= 15 is 0 Å². The Morgan fingerprint density at radius 2 is 1.65 bits per heavy atom. The zero-order chi connectivity index (χ0) is 12.8. The lowest BCUT2D eigenvalue weighted by Gasteiger charge is -2.19. The van der Waals surface area contributed by atoms with Crippen LogP contribution in [0.2, 0.25) is 0 Å². The van der Waals surface area contributed by atoms with Crippen LogP contribution in [0.1, 0.15) is 5.56 Å². The lowest BCUT2D eigenvalue weighted by molar-refractivity contribution is 0.516. The molecular formula is C13H14N4. The van der Waals surface area contributed by atoms with Crippen molar-refractivity contribution in [2.45, 2.75) is 6.92 Å². The minimum absolute atomic E-state index is 0.0653. The molecule has 1 aromatic rings. The number of hydrogen-bond acceptors (Lipinski definition) is 4. The Morgan fingerprint density at radius 1 is 1.12 bits per heavy atom. The summed E-state index contributed by atoms with van der Waals surface area (Å²) in [5.74, 6) is 0.499. The van der Waals surface area contributed by atoms with E-state index in [2.05, 4.69) is 5.32 Å². The molecule has 1 aromatic carbocycles. The first-order chi connectivity index (χ1) is 8.08. The van der Waals surface area contributed by atoms with Gasteiger partial charge in [-0.1, -0.05) is 17.7 Å². The molecule has 4 heteroatoms. The lowest BCUT2D eigenvalue weighted by atomic mass is 10.2. The molecule has 1 N–H and O–H groups in total. The summed E-state index contributed by atoms with van der Waals surface area (Å²) >= 11 is 0. The van der Waals surface area contributed by atoms with Gasteiger partial charge in [0.2, 0.25) is 0 Å². The van der Waals surface area contributed by atoms with Gasteiger partial charge < -0.3 is 10.2 Å². The van der Waals surface area contributed by atoms with Gasteiger partial charge in [0.1, 0.15) is 18.0 Å². The van der Waals surface area contributed by atoms with Crippen LogP contribution in [-0.4, -0.2) is 19.0 Å². The standard InChI is InChI=1S/C13H14N4/c1-10-4-6-12(7-5-10)16-13(17(2)3)11(8-14)9-15/h4-7,16H,1-3H3. The Bertz CT molecular complexity index is 482. The van der Waals surface area contributed by atoms with Crippen molar-refractivity contribution in [3.05, 3.63) is 41.2 Å². The molecule has 0 radical (unpaired) electrons. The van der Waals surface area contributed by atoms with Crippen molar-refractivity contribution in [2.24, 2.45) is 0 Å². The molecule has 0 amide bonds. The van der Waals surface area contributed by atoms with Crippen molar-refractivity contribution >= 4 is 5.69 Å². The Morgan fingerprint density at radius 3 is 2.06 bits per heavy atom. The smallest absolute Gasteiger partial charge is 0.170 e. The van der Waals surface area contributed by atoms with Crippen LogP contribution in [0.4, 0.5) is 5.69 Å². The molecule has 0 heterocycles. The molecule has 0 aliphatic heterocycles. The number of allylic oxidation sites excluding steroid dienone is 1. The Kier molecular flexibility index (Phi) is 4.14. The van der Waals surface area contributed by atoms with Crippen molar-refractivity contribution < 1.29 is 0 Å². The summed E-state index contributed by atoms with van der Waals surface area (Å²) in [6.07, 6.45) is 0. The van der Waals surface area contributed by atoms with Gasteiger partial charge >= 0.3 is 0 Å². The summed E-state index contributed by atoms with van der Waals surface area (Å²) in [6.45, 7) is 2.00. The van der Waals surface area contributed by atoms with Crippen molar-refractivity contribution in [2.75, 3.05) is 19.4 Å². The van der Waals surface area contributed by atoms with Crippen LogP contribution in [-0.2, 0) is 0 Å². The second-order valence-electron chi connectivity index (χ2n) is 3.83. The third-order valence-corrected chi connectivity index (χ3v) is 2.22. The van der Waals surface area contributed by atoms with E-state index < -0.39 is 0 Å². The fourth-order valence-corrected chi connectivity index (χ4v) is 1.30. The SMILES string of the molecule is Cc1ccc(NC(=C(C#N)C#N)N(C)C)cc1. The van der Waals surface area contributed by atoms with E-state index in [0.717, 1.165) is 11.3 Å². The summed E-state index contributed by atoms with van der Waals surface area (Å²) in [6, 6.07) is 11.5. The maximum absolute atomic E-state index is 8.87. The monoisotopic (exact) mass is 226 g/mol. The molecule has 0 aliphatic carbocycles. The van der Waals surface area contributed by atoms with Gasteiger partial charge in [-0.15, -0.1) is 0 Å². The first-order valence-electron chi connectivity index (χ1n) is 5.14. The van der Waals surface area contributed by atoms with Gasteiger partial charge in [-0.3, -0.25) is 0 Å². The number of rotatable bonds is 3.